The van der Waals surface area contributed by atoms with Gasteiger partial charge in [0, 0.05) is 10.6 Å². The second-order valence-corrected chi connectivity index (χ2v) is 4.06. The highest BCUT2D eigenvalue weighted by molar-refractivity contribution is 7.99. The molecule has 0 aromatic heterocycles. The van der Waals surface area contributed by atoms with E-state index < -0.39 is 5.97 Å². The zero-order valence-corrected chi connectivity index (χ0v) is 8.65. The zero-order chi connectivity index (χ0) is 9.68. The van der Waals surface area contributed by atoms with Crippen LogP contribution in [0.4, 0.5) is 0 Å². The van der Waals surface area contributed by atoms with Gasteiger partial charge in [0.05, 0.1) is 5.75 Å². The van der Waals surface area contributed by atoms with Gasteiger partial charge in [-0.3, -0.25) is 4.79 Å². The molecule has 0 amide bonds. The molecule has 1 aromatic rings. The summed E-state index contributed by atoms with van der Waals surface area (Å²) in [7, 11) is 0. The van der Waals surface area contributed by atoms with Gasteiger partial charge in [-0.25, -0.2) is 0 Å². The fourth-order valence-corrected chi connectivity index (χ4v) is 1.85. The van der Waals surface area contributed by atoms with Crippen LogP contribution < -0.4 is 0 Å². The first-order chi connectivity index (χ1) is 6.18. The molecule has 1 N–H and O–H groups in total. The van der Waals surface area contributed by atoms with Crippen LogP contribution in [-0.4, -0.2) is 16.8 Å². The third-order valence-corrected chi connectivity index (χ3v) is 2.67. The lowest BCUT2D eigenvalue weighted by molar-refractivity contribution is -0.133. The third-order valence-electron chi connectivity index (χ3n) is 1.40. The van der Waals surface area contributed by atoms with Gasteiger partial charge in [0.1, 0.15) is 0 Å². The van der Waals surface area contributed by atoms with Crippen molar-refractivity contribution in [1.29, 1.82) is 0 Å². The zero-order valence-electron chi connectivity index (χ0n) is 6.93. The van der Waals surface area contributed by atoms with Gasteiger partial charge in [0.2, 0.25) is 0 Å². The molecule has 1 aromatic carbocycles. The fourth-order valence-electron chi connectivity index (χ4n) is 0.902. The summed E-state index contributed by atoms with van der Waals surface area (Å²) >= 11 is 5.58. The number of aliphatic carboxylic acids is 1. The first kappa shape index (κ1) is 10.5. The van der Waals surface area contributed by atoms with Crippen molar-refractivity contribution in [3.8, 4) is 0 Å². The van der Waals surface area contributed by atoms with Crippen LogP contribution in [0.2, 0.25) is 0 Å². The Morgan fingerprint density at radius 3 is 2.92 bits per heavy atom. The van der Waals surface area contributed by atoms with E-state index in [-0.39, 0.29) is 5.75 Å². The van der Waals surface area contributed by atoms with E-state index >= 15 is 0 Å². The number of carboxylic acids is 1. The summed E-state index contributed by atoms with van der Waals surface area (Å²) in [4.78, 5) is 11.1. The normalized spacial score (nSPS) is 9.92. The number of hydrogen-bond donors (Lipinski definition) is 2. The van der Waals surface area contributed by atoms with Gasteiger partial charge in [-0.15, -0.1) is 24.4 Å². The Balaban J connectivity index is 2.41. The number of rotatable bonds is 4. The molecule has 0 saturated heterocycles. The summed E-state index contributed by atoms with van der Waals surface area (Å²) in [5.74, 6) is 0.101. The van der Waals surface area contributed by atoms with Crippen molar-refractivity contribution in [2.45, 2.75) is 10.6 Å². The molecule has 0 unspecified atom stereocenters. The highest BCUT2D eigenvalue weighted by Crippen LogP contribution is 2.15. The molecule has 1 rings (SSSR count). The second-order valence-electron chi connectivity index (χ2n) is 2.56. The van der Waals surface area contributed by atoms with Crippen LogP contribution in [0, 0.1) is 0 Å². The summed E-state index contributed by atoms with van der Waals surface area (Å²) < 4.78 is 0. The van der Waals surface area contributed by atoms with Crippen LogP contribution in [0.5, 0.6) is 0 Å². The first-order valence-corrected chi connectivity index (χ1v) is 5.36. The van der Waals surface area contributed by atoms with Crippen LogP contribution in [0.15, 0.2) is 29.2 Å². The predicted octanol–water partition coefficient (Wildman–Crippen LogP) is 2.29. The summed E-state index contributed by atoms with van der Waals surface area (Å²) in [5, 5.41) is 8.41. The molecular weight excluding hydrogens is 204 g/mol. The molecule has 0 aliphatic heterocycles. The maximum absolute atomic E-state index is 10.2. The fraction of sp³-hybridized carbons (Fsp3) is 0.222. The van der Waals surface area contributed by atoms with Gasteiger partial charge >= 0.3 is 5.97 Å². The first-order valence-electron chi connectivity index (χ1n) is 3.76. The number of hydrogen-bond acceptors (Lipinski definition) is 3. The van der Waals surface area contributed by atoms with Crippen molar-refractivity contribution in [3.05, 3.63) is 29.8 Å². The van der Waals surface area contributed by atoms with Crippen LogP contribution in [0.25, 0.3) is 0 Å². The molecule has 4 heteroatoms. The molecule has 0 atom stereocenters. The summed E-state index contributed by atoms with van der Waals surface area (Å²) in [6.07, 6.45) is 0. The van der Waals surface area contributed by atoms with E-state index in [0.29, 0.717) is 0 Å². The lowest BCUT2D eigenvalue weighted by atomic mass is 10.2. The highest BCUT2D eigenvalue weighted by Gasteiger charge is 1.98. The minimum absolute atomic E-state index is 0.150. The Hall–Kier alpha value is -0.610. The molecule has 0 aliphatic rings. The molecule has 2 nitrogen and oxygen atoms in total. The molecule has 0 radical (unpaired) electrons. The van der Waals surface area contributed by atoms with E-state index in [1.807, 2.05) is 24.3 Å². The quantitative estimate of drug-likeness (QED) is 0.755. The number of benzene rings is 1. The van der Waals surface area contributed by atoms with Crippen molar-refractivity contribution in [1.82, 2.24) is 0 Å². The Kier molecular flexibility index (Phi) is 4.18. The monoisotopic (exact) mass is 214 g/mol. The number of thioether (sulfide) groups is 1. The topological polar surface area (TPSA) is 37.3 Å². The van der Waals surface area contributed by atoms with E-state index in [1.54, 1.807) is 0 Å². The predicted molar refractivity (Wildman–Crippen MR) is 57.5 cm³/mol. The van der Waals surface area contributed by atoms with Gasteiger partial charge < -0.3 is 5.11 Å². The molecule has 0 saturated carbocycles. The minimum Gasteiger partial charge on any atom is -0.481 e. The van der Waals surface area contributed by atoms with Gasteiger partial charge in [-0.05, 0) is 17.7 Å². The van der Waals surface area contributed by atoms with E-state index in [0.717, 1.165) is 16.2 Å². The van der Waals surface area contributed by atoms with Crippen LogP contribution in [0.1, 0.15) is 5.56 Å². The lowest BCUT2D eigenvalue weighted by Crippen LogP contribution is -1.98. The molecule has 70 valence electrons. The standard InChI is InChI=1S/C9H10O2S2/c10-9(11)6-13-5-7-2-1-3-8(12)4-7/h1-4,12H,5-6H2,(H,10,11). The van der Waals surface area contributed by atoms with Gasteiger partial charge in [0.15, 0.2) is 0 Å². The van der Waals surface area contributed by atoms with E-state index in [4.69, 9.17) is 5.11 Å². The minimum atomic E-state index is -0.771. The summed E-state index contributed by atoms with van der Waals surface area (Å²) in [5.41, 5.74) is 1.11. The molecule has 0 bridgehead atoms. The number of carboxylic acid groups (broad SMARTS) is 1. The largest absolute Gasteiger partial charge is 0.481 e. The van der Waals surface area contributed by atoms with Gasteiger partial charge in [0.25, 0.3) is 0 Å². The SMILES string of the molecule is O=C(O)CSCc1cccc(S)c1. The van der Waals surface area contributed by atoms with Crippen molar-refractivity contribution >= 4 is 30.4 Å². The number of carbonyl (C=O) groups is 1. The summed E-state index contributed by atoms with van der Waals surface area (Å²) in [6.45, 7) is 0. The molecule has 0 fully saturated rings. The van der Waals surface area contributed by atoms with Crippen LogP contribution in [0.3, 0.4) is 0 Å². The smallest absolute Gasteiger partial charge is 0.313 e. The van der Waals surface area contributed by atoms with Crippen molar-refractivity contribution in [2.75, 3.05) is 5.75 Å². The van der Waals surface area contributed by atoms with Crippen LogP contribution in [-0.2, 0) is 10.5 Å². The van der Waals surface area contributed by atoms with Gasteiger partial charge in [-0.2, -0.15) is 0 Å². The van der Waals surface area contributed by atoms with Gasteiger partial charge in [-0.1, -0.05) is 12.1 Å². The molecular formula is C9H10O2S2. The number of thiol groups is 1. The Labute approximate surface area is 86.8 Å². The summed E-state index contributed by atoms with van der Waals surface area (Å²) in [6, 6.07) is 7.72. The molecule has 0 aliphatic carbocycles. The van der Waals surface area contributed by atoms with E-state index in [9.17, 15) is 4.79 Å². The van der Waals surface area contributed by atoms with Crippen molar-refractivity contribution in [3.63, 3.8) is 0 Å². The Morgan fingerprint density at radius 1 is 1.54 bits per heavy atom. The molecule has 0 heterocycles. The molecule has 13 heavy (non-hydrogen) atoms. The van der Waals surface area contributed by atoms with Crippen molar-refractivity contribution in [2.24, 2.45) is 0 Å². The maximum Gasteiger partial charge on any atom is 0.313 e. The van der Waals surface area contributed by atoms with Crippen molar-refractivity contribution < 1.29 is 9.90 Å². The average molecular weight is 214 g/mol. The highest BCUT2D eigenvalue weighted by atomic mass is 32.2. The maximum atomic E-state index is 10.2. The second kappa shape index (κ2) is 5.19. The van der Waals surface area contributed by atoms with E-state index in [2.05, 4.69) is 12.6 Å². The average Bonchev–Trinajstić information content (AvgIpc) is 2.03. The Bertz CT molecular complexity index is 299. The third kappa shape index (κ3) is 4.24. The van der Waals surface area contributed by atoms with Crippen LogP contribution >= 0.6 is 24.4 Å². The van der Waals surface area contributed by atoms with E-state index in [1.165, 1.54) is 11.8 Å². The molecule has 0 spiro atoms. The Morgan fingerprint density at radius 2 is 2.31 bits per heavy atom. The lowest BCUT2D eigenvalue weighted by Gasteiger charge is -1.99.